The molecule has 102 valence electrons. The topological polar surface area (TPSA) is 92.5 Å². The smallest absolute Gasteiger partial charge is 0.305 e. The van der Waals surface area contributed by atoms with Crippen LogP contribution in [0, 0.1) is 15.9 Å². The molecule has 1 aromatic rings. The average molecular weight is 268 g/mol. The maximum absolute atomic E-state index is 13.1. The Morgan fingerprint density at radius 2 is 2.21 bits per heavy atom. The molecule has 2 N–H and O–H groups in total. The Bertz CT molecular complexity index is 528. The molecule has 1 fully saturated rings. The molecule has 0 bridgehead atoms. The van der Waals surface area contributed by atoms with Crippen molar-refractivity contribution in [3.05, 3.63) is 39.7 Å². The largest absolute Gasteiger partial charge is 0.388 e. The van der Waals surface area contributed by atoms with Gasteiger partial charge in [0, 0.05) is 18.2 Å². The number of rotatable bonds is 4. The molecule has 1 amide bonds. The van der Waals surface area contributed by atoms with E-state index in [1.54, 1.807) is 0 Å². The van der Waals surface area contributed by atoms with Crippen LogP contribution < -0.4 is 5.32 Å². The van der Waals surface area contributed by atoms with Crippen molar-refractivity contribution in [2.75, 3.05) is 6.54 Å². The molecular weight excluding hydrogens is 255 g/mol. The van der Waals surface area contributed by atoms with Crippen molar-refractivity contribution in [2.24, 2.45) is 0 Å². The Morgan fingerprint density at radius 1 is 1.53 bits per heavy atom. The summed E-state index contributed by atoms with van der Waals surface area (Å²) in [6.07, 6.45) is 2.15. The predicted molar refractivity (Wildman–Crippen MR) is 64.2 cm³/mol. The van der Waals surface area contributed by atoms with Gasteiger partial charge in [0.2, 0.25) is 5.82 Å². The van der Waals surface area contributed by atoms with E-state index in [0.717, 1.165) is 18.6 Å². The highest BCUT2D eigenvalue weighted by atomic mass is 19.1. The van der Waals surface area contributed by atoms with Crippen molar-refractivity contribution in [3.63, 3.8) is 0 Å². The first-order valence-corrected chi connectivity index (χ1v) is 5.86. The van der Waals surface area contributed by atoms with E-state index in [1.807, 2.05) is 0 Å². The Labute approximate surface area is 108 Å². The van der Waals surface area contributed by atoms with Crippen LogP contribution in [0.15, 0.2) is 18.2 Å². The second kappa shape index (κ2) is 4.93. The normalized spacial score (nSPS) is 16.5. The molecule has 1 aliphatic rings. The third-order valence-electron chi connectivity index (χ3n) is 3.27. The summed E-state index contributed by atoms with van der Waals surface area (Å²) in [4.78, 5) is 21.4. The molecule has 6 nitrogen and oxygen atoms in total. The van der Waals surface area contributed by atoms with Crippen molar-refractivity contribution >= 4 is 11.6 Å². The van der Waals surface area contributed by atoms with E-state index < -0.39 is 27.9 Å². The molecule has 1 aliphatic carbocycles. The van der Waals surface area contributed by atoms with E-state index in [0.29, 0.717) is 12.8 Å². The van der Waals surface area contributed by atoms with Crippen molar-refractivity contribution < 1.29 is 19.2 Å². The second-order valence-corrected chi connectivity index (χ2v) is 4.68. The van der Waals surface area contributed by atoms with Crippen LogP contribution in [0.25, 0.3) is 0 Å². The quantitative estimate of drug-likeness (QED) is 0.637. The van der Waals surface area contributed by atoms with Crippen LogP contribution in [0.5, 0.6) is 0 Å². The first-order valence-electron chi connectivity index (χ1n) is 5.86. The molecule has 1 aromatic carbocycles. The molecule has 0 radical (unpaired) electrons. The third-order valence-corrected chi connectivity index (χ3v) is 3.27. The van der Waals surface area contributed by atoms with E-state index in [1.165, 1.54) is 6.07 Å². The van der Waals surface area contributed by atoms with Gasteiger partial charge in [-0.2, -0.15) is 4.39 Å². The maximum Gasteiger partial charge on any atom is 0.305 e. The summed E-state index contributed by atoms with van der Waals surface area (Å²) in [5, 5.41) is 22.9. The number of nitrogens with one attached hydrogen (secondary N) is 1. The fourth-order valence-electron chi connectivity index (χ4n) is 1.90. The SMILES string of the molecule is O=C(NCC1(O)CCC1)c1ccc(F)c([N+](=O)[O-])c1. The predicted octanol–water partition coefficient (Wildman–Crippen LogP) is 1.38. The van der Waals surface area contributed by atoms with Gasteiger partial charge in [-0.05, 0) is 31.4 Å². The fourth-order valence-corrected chi connectivity index (χ4v) is 1.90. The number of carbonyl (C=O) groups is 1. The van der Waals surface area contributed by atoms with Gasteiger partial charge in [-0.1, -0.05) is 0 Å². The summed E-state index contributed by atoms with van der Waals surface area (Å²) in [6.45, 7) is 0.0943. The molecule has 0 atom stereocenters. The number of halogens is 1. The number of benzene rings is 1. The van der Waals surface area contributed by atoms with Crippen LogP contribution in [0.4, 0.5) is 10.1 Å². The van der Waals surface area contributed by atoms with E-state index >= 15 is 0 Å². The number of nitrogens with zero attached hydrogens (tertiary/aromatic N) is 1. The molecule has 0 heterocycles. The lowest BCUT2D eigenvalue weighted by Crippen LogP contribution is -2.47. The van der Waals surface area contributed by atoms with E-state index in [-0.39, 0.29) is 12.1 Å². The highest BCUT2D eigenvalue weighted by Gasteiger charge is 2.34. The Hall–Kier alpha value is -2.02. The van der Waals surface area contributed by atoms with Crippen LogP contribution in [0.3, 0.4) is 0 Å². The Balaban J connectivity index is 2.06. The Morgan fingerprint density at radius 3 is 2.74 bits per heavy atom. The minimum atomic E-state index is -0.987. The molecule has 0 aromatic heterocycles. The van der Waals surface area contributed by atoms with Crippen LogP contribution >= 0.6 is 0 Å². The monoisotopic (exact) mass is 268 g/mol. The number of nitro groups is 1. The summed E-state index contributed by atoms with van der Waals surface area (Å²) >= 11 is 0. The first-order chi connectivity index (χ1) is 8.91. The van der Waals surface area contributed by atoms with Gasteiger partial charge in [0.25, 0.3) is 5.91 Å². The number of hydrogen-bond acceptors (Lipinski definition) is 4. The van der Waals surface area contributed by atoms with Gasteiger partial charge in [-0.25, -0.2) is 0 Å². The minimum absolute atomic E-state index is 0.00368. The second-order valence-electron chi connectivity index (χ2n) is 4.68. The van der Waals surface area contributed by atoms with Gasteiger partial charge in [0.15, 0.2) is 0 Å². The lowest BCUT2D eigenvalue weighted by atomic mass is 9.80. The summed E-state index contributed by atoms with van der Waals surface area (Å²) in [7, 11) is 0. The lowest BCUT2D eigenvalue weighted by Gasteiger charge is -2.36. The number of aliphatic hydroxyl groups is 1. The molecule has 0 aliphatic heterocycles. The van der Waals surface area contributed by atoms with Crippen molar-refractivity contribution in [1.82, 2.24) is 5.32 Å². The molecule has 7 heteroatoms. The zero-order valence-corrected chi connectivity index (χ0v) is 10.1. The number of hydrogen-bond donors (Lipinski definition) is 2. The van der Waals surface area contributed by atoms with Crippen molar-refractivity contribution in [3.8, 4) is 0 Å². The average Bonchev–Trinajstić information content (AvgIpc) is 2.33. The molecule has 0 spiro atoms. The minimum Gasteiger partial charge on any atom is -0.388 e. The summed E-state index contributed by atoms with van der Waals surface area (Å²) in [5.74, 6) is -1.55. The van der Waals surface area contributed by atoms with Gasteiger partial charge in [0.1, 0.15) is 0 Å². The lowest BCUT2D eigenvalue weighted by molar-refractivity contribution is -0.387. The van der Waals surface area contributed by atoms with Crippen LogP contribution in [0.1, 0.15) is 29.6 Å². The molecule has 2 rings (SSSR count). The molecule has 1 saturated carbocycles. The number of nitro benzene ring substituents is 1. The van der Waals surface area contributed by atoms with Gasteiger partial charge in [0.05, 0.1) is 10.5 Å². The van der Waals surface area contributed by atoms with Crippen molar-refractivity contribution in [1.29, 1.82) is 0 Å². The van der Waals surface area contributed by atoms with E-state index in [2.05, 4.69) is 5.32 Å². The van der Waals surface area contributed by atoms with E-state index in [4.69, 9.17) is 0 Å². The zero-order chi connectivity index (χ0) is 14.0. The molecular formula is C12H13FN2O4. The molecule has 0 unspecified atom stereocenters. The van der Waals surface area contributed by atoms with Crippen LogP contribution in [-0.2, 0) is 0 Å². The summed E-state index contributed by atoms with van der Waals surface area (Å²) in [5.41, 5.74) is -1.62. The van der Waals surface area contributed by atoms with Gasteiger partial charge in [-0.15, -0.1) is 0 Å². The first kappa shape index (κ1) is 13.4. The van der Waals surface area contributed by atoms with E-state index in [9.17, 15) is 24.4 Å². The third kappa shape index (κ3) is 2.87. The maximum atomic E-state index is 13.1. The van der Waals surface area contributed by atoms with Crippen molar-refractivity contribution in [2.45, 2.75) is 24.9 Å². The number of carbonyl (C=O) groups excluding carboxylic acids is 1. The summed E-state index contributed by atoms with van der Waals surface area (Å²) in [6, 6.07) is 2.93. The van der Waals surface area contributed by atoms with Gasteiger partial charge in [-0.3, -0.25) is 14.9 Å². The fraction of sp³-hybridized carbons (Fsp3) is 0.417. The van der Waals surface area contributed by atoms with Crippen LogP contribution in [0.2, 0.25) is 0 Å². The summed E-state index contributed by atoms with van der Waals surface area (Å²) < 4.78 is 13.1. The number of amides is 1. The highest BCUT2D eigenvalue weighted by Crippen LogP contribution is 2.30. The van der Waals surface area contributed by atoms with Gasteiger partial charge < -0.3 is 10.4 Å². The highest BCUT2D eigenvalue weighted by molar-refractivity contribution is 5.94. The van der Waals surface area contributed by atoms with Crippen LogP contribution in [-0.4, -0.2) is 28.1 Å². The molecule has 19 heavy (non-hydrogen) atoms. The Kier molecular flexibility index (Phi) is 3.48. The molecule has 0 saturated heterocycles. The standard InChI is InChI=1S/C12H13FN2O4/c13-9-3-2-8(6-10(9)15(18)19)11(16)14-7-12(17)4-1-5-12/h2-3,6,17H,1,4-5,7H2,(H,14,16). The van der Waals surface area contributed by atoms with Gasteiger partial charge >= 0.3 is 5.69 Å². The zero-order valence-electron chi connectivity index (χ0n) is 10.1.